The van der Waals surface area contributed by atoms with Crippen LogP contribution in [-0.4, -0.2) is 32.2 Å². The van der Waals surface area contributed by atoms with Gasteiger partial charge in [0.25, 0.3) is 0 Å². The van der Waals surface area contributed by atoms with E-state index in [1.165, 1.54) is 18.3 Å². The topological polar surface area (TPSA) is 111 Å². The zero-order chi connectivity index (χ0) is 13.3. The predicted molar refractivity (Wildman–Crippen MR) is 62.6 cm³/mol. The number of carboxylic acid groups (broad SMARTS) is 2. The molecule has 1 unspecified atom stereocenters. The Kier molecular flexibility index (Phi) is 2.93. The molecule has 1 aromatic heterocycles. The largest absolute Gasteiger partial charge is 0.508 e. The van der Waals surface area contributed by atoms with Crippen LogP contribution < -0.4 is 0 Å². The molecule has 1 heterocycles. The second-order valence-corrected chi connectivity index (χ2v) is 3.96. The normalized spacial score (nSPS) is 12.4. The molecule has 0 bridgehead atoms. The van der Waals surface area contributed by atoms with Gasteiger partial charge in [-0.25, -0.2) is 0 Å². The summed E-state index contributed by atoms with van der Waals surface area (Å²) in [4.78, 5) is 24.7. The number of phenols is 1. The van der Waals surface area contributed by atoms with Crippen molar-refractivity contribution in [1.82, 2.24) is 4.98 Å². The van der Waals surface area contributed by atoms with E-state index in [9.17, 15) is 14.7 Å². The number of fused-ring (bicyclic) bond motifs is 1. The van der Waals surface area contributed by atoms with Crippen molar-refractivity contribution in [2.75, 3.05) is 0 Å². The molecule has 0 spiro atoms. The summed E-state index contributed by atoms with van der Waals surface area (Å²) < 4.78 is 0. The van der Waals surface area contributed by atoms with E-state index in [1.54, 1.807) is 6.07 Å². The first-order valence-electron chi connectivity index (χ1n) is 5.23. The van der Waals surface area contributed by atoms with Gasteiger partial charge in [0.2, 0.25) is 0 Å². The molecule has 0 fully saturated rings. The summed E-state index contributed by atoms with van der Waals surface area (Å²) in [5, 5.41) is 27.7. The Hall–Kier alpha value is -2.50. The van der Waals surface area contributed by atoms with Crippen molar-refractivity contribution in [2.45, 2.75) is 12.3 Å². The van der Waals surface area contributed by atoms with Gasteiger partial charge < -0.3 is 20.3 Å². The lowest BCUT2D eigenvalue weighted by atomic mass is 9.95. The fraction of sp³-hybridized carbons (Fsp3) is 0.167. The maximum atomic E-state index is 11.1. The maximum absolute atomic E-state index is 11.1. The minimum absolute atomic E-state index is 0.00261. The van der Waals surface area contributed by atoms with Crippen LogP contribution in [0.25, 0.3) is 10.9 Å². The first kappa shape index (κ1) is 12.0. The van der Waals surface area contributed by atoms with Crippen LogP contribution in [0.2, 0.25) is 0 Å². The summed E-state index contributed by atoms with van der Waals surface area (Å²) in [6.07, 6.45) is 0.962. The summed E-state index contributed by atoms with van der Waals surface area (Å²) in [7, 11) is 0. The van der Waals surface area contributed by atoms with Gasteiger partial charge in [-0.1, -0.05) is 0 Å². The predicted octanol–water partition coefficient (Wildman–Crippen LogP) is 1.52. The van der Waals surface area contributed by atoms with E-state index in [4.69, 9.17) is 10.2 Å². The fourth-order valence-corrected chi connectivity index (χ4v) is 1.92. The van der Waals surface area contributed by atoms with Crippen molar-refractivity contribution >= 4 is 22.8 Å². The second-order valence-electron chi connectivity index (χ2n) is 3.96. The molecule has 6 heteroatoms. The number of carboxylic acids is 2. The van der Waals surface area contributed by atoms with Crippen molar-refractivity contribution < 1.29 is 24.9 Å². The Labute approximate surface area is 101 Å². The molecule has 94 valence electrons. The smallest absolute Gasteiger partial charge is 0.311 e. The molecule has 0 saturated heterocycles. The van der Waals surface area contributed by atoms with Gasteiger partial charge in [0.1, 0.15) is 5.75 Å². The molecule has 1 aromatic carbocycles. The Balaban J connectivity index is 2.53. The number of nitrogens with one attached hydrogen (secondary N) is 1. The van der Waals surface area contributed by atoms with Crippen LogP contribution in [0.15, 0.2) is 24.4 Å². The molecule has 2 aromatic rings. The number of aromatic amines is 1. The van der Waals surface area contributed by atoms with Gasteiger partial charge in [0.15, 0.2) is 0 Å². The van der Waals surface area contributed by atoms with E-state index in [0.717, 1.165) is 0 Å². The SMILES string of the molecule is O=C(O)CC(C(=O)O)c1c[nH]c2ccc(O)cc12. The van der Waals surface area contributed by atoms with Gasteiger partial charge in [-0.3, -0.25) is 9.59 Å². The van der Waals surface area contributed by atoms with Crippen LogP contribution in [0.4, 0.5) is 0 Å². The molecule has 2 rings (SSSR count). The van der Waals surface area contributed by atoms with Crippen molar-refractivity contribution in [1.29, 1.82) is 0 Å². The van der Waals surface area contributed by atoms with Gasteiger partial charge in [0.05, 0.1) is 12.3 Å². The molecule has 1 atom stereocenters. The quantitative estimate of drug-likeness (QED) is 0.656. The second kappa shape index (κ2) is 4.40. The number of carbonyl (C=O) groups is 2. The number of H-pyrrole nitrogens is 1. The Morgan fingerprint density at radius 3 is 2.61 bits per heavy atom. The molecule has 0 aliphatic carbocycles. The molecule has 4 N–H and O–H groups in total. The van der Waals surface area contributed by atoms with E-state index in [1.807, 2.05) is 0 Å². The number of aliphatic carboxylic acids is 2. The van der Waals surface area contributed by atoms with Crippen LogP contribution in [0, 0.1) is 0 Å². The number of benzene rings is 1. The summed E-state index contributed by atoms with van der Waals surface area (Å²) in [6.45, 7) is 0. The molecule has 18 heavy (non-hydrogen) atoms. The third kappa shape index (κ3) is 2.13. The summed E-state index contributed by atoms with van der Waals surface area (Å²) in [6, 6.07) is 4.49. The Morgan fingerprint density at radius 1 is 1.28 bits per heavy atom. The highest BCUT2D eigenvalue weighted by atomic mass is 16.4. The number of aromatic hydroxyl groups is 1. The van der Waals surface area contributed by atoms with Crippen LogP contribution in [-0.2, 0) is 9.59 Å². The number of hydrogen-bond donors (Lipinski definition) is 4. The van der Waals surface area contributed by atoms with Crippen LogP contribution >= 0.6 is 0 Å². The third-order valence-corrected chi connectivity index (χ3v) is 2.75. The molecule has 0 amide bonds. The van der Waals surface area contributed by atoms with E-state index in [-0.39, 0.29) is 5.75 Å². The number of hydrogen-bond acceptors (Lipinski definition) is 3. The highest BCUT2D eigenvalue weighted by Gasteiger charge is 2.25. The first-order valence-corrected chi connectivity index (χ1v) is 5.23. The summed E-state index contributed by atoms with van der Waals surface area (Å²) in [5.74, 6) is -3.53. The first-order chi connectivity index (χ1) is 8.49. The standard InChI is InChI=1S/C12H11NO5/c14-6-1-2-10-7(3-6)9(5-13-10)8(12(17)18)4-11(15)16/h1-3,5,8,13-14H,4H2,(H,15,16)(H,17,18). The van der Waals surface area contributed by atoms with Gasteiger partial charge in [-0.05, 0) is 23.8 Å². The van der Waals surface area contributed by atoms with Crippen molar-refractivity contribution in [3.05, 3.63) is 30.0 Å². The van der Waals surface area contributed by atoms with E-state index in [2.05, 4.69) is 4.98 Å². The van der Waals surface area contributed by atoms with Crippen molar-refractivity contribution in [3.8, 4) is 5.75 Å². The van der Waals surface area contributed by atoms with Crippen LogP contribution in [0.1, 0.15) is 17.9 Å². The van der Waals surface area contributed by atoms with Gasteiger partial charge in [0, 0.05) is 17.1 Å². The zero-order valence-corrected chi connectivity index (χ0v) is 9.25. The van der Waals surface area contributed by atoms with E-state index < -0.39 is 24.3 Å². The van der Waals surface area contributed by atoms with Crippen molar-refractivity contribution in [2.24, 2.45) is 0 Å². The zero-order valence-electron chi connectivity index (χ0n) is 9.25. The highest BCUT2D eigenvalue weighted by molar-refractivity contribution is 5.92. The third-order valence-electron chi connectivity index (χ3n) is 2.75. The van der Waals surface area contributed by atoms with Gasteiger partial charge in [-0.15, -0.1) is 0 Å². The van der Waals surface area contributed by atoms with Gasteiger partial charge in [-0.2, -0.15) is 0 Å². The molecule has 0 radical (unpaired) electrons. The Bertz CT molecular complexity index is 616. The molecular weight excluding hydrogens is 238 g/mol. The molecule has 0 saturated carbocycles. The minimum Gasteiger partial charge on any atom is -0.508 e. The number of phenolic OH excluding ortho intramolecular Hbond substituents is 1. The molecule has 6 nitrogen and oxygen atoms in total. The molecule has 0 aliphatic heterocycles. The summed E-state index contributed by atoms with van der Waals surface area (Å²) >= 11 is 0. The maximum Gasteiger partial charge on any atom is 0.311 e. The van der Waals surface area contributed by atoms with Crippen molar-refractivity contribution in [3.63, 3.8) is 0 Å². The van der Waals surface area contributed by atoms with Crippen LogP contribution in [0.5, 0.6) is 5.75 Å². The molecule has 0 aliphatic rings. The monoisotopic (exact) mass is 249 g/mol. The fourth-order valence-electron chi connectivity index (χ4n) is 1.92. The average Bonchev–Trinajstić information content (AvgIpc) is 2.68. The minimum atomic E-state index is -1.21. The molecular formula is C12H11NO5. The Morgan fingerprint density at radius 2 is 2.00 bits per heavy atom. The summed E-state index contributed by atoms with van der Waals surface area (Å²) in [5.41, 5.74) is 1.01. The van der Waals surface area contributed by atoms with E-state index >= 15 is 0 Å². The number of rotatable bonds is 4. The lowest BCUT2D eigenvalue weighted by Crippen LogP contribution is -2.15. The van der Waals surface area contributed by atoms with Crippen LogP contribution in [0.3, 0.4) is 0 Å². The lowest BCUT2D eigenvalue weighted by Gasteiger charge is -2.08. The highest BCUT2D eigenvalue weighted by Crippen LogP contribution is 2.30. The lowest BCUT2D eigenvalue weighted by molar-refractivity contribution is -0.145. The number of aromatic nitrogens is 1. The van der Waals surface area contributed by atoms with E-state index in [0.29, 0.717) is 16.5 Å². The van der Waals surface area contributed by atoms with Gasteiger partial charge >= 0.3 is 11.9 Å². The average molecular weight is 249 g/mol.